The fourth-order valence-electron chi connectivity index (χ4n) is 3.40. The first-order valence-electron chi connectivity index (χ1n) is 10.1. The normalized spacial score (nSPS) is 14.5. The average Bonchev–Trinajstić information content (AvgIpc) is 2.72. The maximum absolute atomic E-state index is 12.1. The molecule has 1 saturated heterocycles. The van der Waals surface area contributed by atoms with Crippen LogP contribution in [0.4, 0.5) is 11.4 Å². The average molecular weight is 395 g/mol. The van der Waals surface area contributed by atoms with Crippen molar-refractivity contribution in [3.8, 4) is 0 Å². The number of carbonyl (C=O) groups excluding carboxylic acids is 2. The van der Waals surface area contributed by atoms with Gasteiger partial charge in [0.1, 0.15) is 0 Å². The molecule has 154 valence electrons. The number of nitrogens with zero attached hydrogens (tertiary/aromatic N) is 2. The Labute approximate surface area is 172 Å². The van der Waals surface area contributed by atoms with Gasteiger partial charge in [-0.2, -0.15) is 0 Å². The van der Waals surface area contributed by atoms with E-state index in [1.54, 1.807) is 6.07 Å². The summed E-state index contributed by atoms with van der Waals surface area (Å²) in [5.74, 6) is -1.25. The molecule has 3 rings (SSSR count). The van der Waals surface area contributed by atoms with E-state index in [0.717, 1.165) is 42.9 Å². The Hall–Kier alpha value is -2.86. The third-order valence-electron chi connectivity index (χ3n) is 5.56. The zero-order chi connectivity index (χ0) is 20.8. The molecule has 29 heavy (non-hydrogen) atoms. The van der Waals surface area contributed by atoms with Crippen molar-refractivity contribution in [2.45, 2.75) is 20.3 Å². The quantitative estimate of drug-likeness (QED) is 0.764. The Balaban J connectivity index is 1.45. The van der Waals surface area contributed by atoms with Gasteiger partial charge in [0.2, 0.25) is 0 Å². The smallest absolute Gasteiger partial charge is 0.313 e. The molecular weight excluding hydrogens is 364 g/mol. The molecule has 0 aliphatic carbocycles. The van der Waals surface area contributed by atoms with Crippen LogP contribution in [0, 0.1) is 13.8 Å². The number of benzene rings is 2. The first-order valence-corrected chi connectivity index (χ1v) is 10.1. The van der Waals surface area contributed by atoms with Gasteiger partial charge in [0.25, 0.3) is 0 Å². The zero-order valence-electron chi connectivity index (χ0n) is 17.5. The van der Waals surface area contributed by atoms with Crippen molar-refractivity contribution >= 4 is 23.2 Å². The molecule has 2 N–H and O–H groups in total. The number of piperazine rings is 1. The van der Waals surface area contributed by atoms with Crippen LogP contribution in [0.15, 0.2) is 42.5 Å². The highest BCUT2D eigenvalue weighted by Gasteiger charge is 2.15. The van der Waals surface area contributed by atoms with Gasteiger partial charge in [-0.05, 0) is 62.2 Å². The molecule has 0 radical (unpaired) electrons. The Morgan fingerprint density at radius 3 is 2.31 bits per heavy atom. The molecule has 0 unspecified atom stereocenters. The van der Waals surface area contributed by atoms with Crippen molar-refractivity contribution in [1.29, 1.82) is 0 Å². The molecule has 1 heterocycles. The highest BCUT2D eigenvalue weighted by atomic mass is 16.2. The van der Waals surface area contributed by atoms with Gasteiger partial charge in [-0.1, -0.05) is 24.3 Å². The minimum Gasteiger partial charge on any atom is -0.369 e. The number of hydrogen-bond acceptors (Lipinski definition) is 4. The maximum Gasteiger partial charge on any atom is 0.313 e. The summed E-state index contributed by atoms with van der Waals surface area (Å²) in [5, 5.41) is 5.39. The SMILES string of the molecule is Cc1cccc(NC(=O)C(=O)NCCc2ccc(N3CCN(C)CC3)cc2)c1C. The van der Waals surface area contributed by atoms with Crippen molar-refractivity contribution in [3.63, 3.8) is 0 Å². The Morgan fingerprint density at radius 2 is 1.62 bits per heavy atom. The van der Waals surface area contributed by atoms with Crippen molar-refractivity contribution in [2.75, 3.05) is 50.0 Å². The topological polar surface area (TPSA) is 64.7 Å². The molecule has 6 nitrogen and oxygen atoms in total. The van der Waals surface area contributed by atoms with E-state index < -0.39 is 11.8 Å². The fourth-order valence-corrected chi connectivity index (χ4v) is 3.40. The summed E-state index contributed by atoms with van der Waals surface area (Å²) in [6.07, 6.45) is 0.686. The lowest BCUT2D eigenvalue weighted by atomic mass is 10.1. The van der Waals surface area contributed by atoms with Gasteiger partial charge >= 0.3 is 11.8 Å². The largest absolute Gasteiger partial charge is 0.369 e. The number of nitrogens with one attached hydrogen (secondary N) is 2. The zero-order valence-corrected chi connectivity index (χ0v) is 17.5. The fraction of sp³-hybridized carbons (Fsp3) is 0.391. The third-order valence-corrected chi connectivity index (χ3v) is 5.56. The summed E-state index contributed by atoms with van der Waals surface area (Å²) in [5.41, 5.74) is 5.08. The third kappa shape index (κ3) is 5.57. The van der Waals surface area contributed by atoms with Gasteiger partial charge in [0.15, 0.2) is 0 Å². The summed E-state index contributed by atoms with van der Waals surface area (Å²) in [6, 6.07) is 14.1. The second-order valence-electron chi connectivity index (χ2n) is 7.66. The standard InChI is InChI=1S/C23H30N4O2/c1-17-5-4-6-21(18(17)2)25-23(29)22(28)24-12-11-19-7-9-20(10-8-19)27-15-13-26(3)14-16-27/h4-10H,11-16H2,1-3H3,(H,24,28)(H,25,29). The molecule has 1 aliphatic heterocycles. The van der Waals surface area contributed by atoms with E-state index in [4.69, 9.17) is 0 Å². The molecule has 6 heteroatoms. The highest BCUT2D eigenvalue weighted by molar-refractivity contribution is 6.39. The minimum atomic E-state index is -0.635. The van der Waals surface area contributed by atoms with Crippen LogP contribution in [-0.4, -0.2) is 56.5 Å². The molecular formula is C23H30N4O2. The summed E-state index contributed by atoms with van der Waals surface area (Å²) in [7, 11) is 2.15. The molecule has 2 amide bonds. The van der Waals surface area contributed by atoms with Crippen molar-refractivity contribution in [2.24, 2.45) is 0 Å². The van der Waals surface area contributed by atoms with Crippen LogP contribution in [0.1, 0.15) is 16.7 Å². The van der Waals surface area contributed by atoms with Gasteiger partial charge in [-0.3, -0.25) is 9.59 Å². The van der Waals surface area contributed by atoms with Crippen molar-refractivity contribution in [1.82, 2.24) is 10.2 Å². The molecule has 0 aromatic heterocycles. The first-order chi connectivity index (χ1) is 13.9. The number of likely N-dealkylation sites (N-methyl/N-ethyl adjacent to an activating group) is 1. The molecule has 0 atom stereocenters. The van der Waals surface area contributed by atoms with E-state index in [2.05, 4.69) is 51.7 Å². The highest BCUT2D eigenvalue weighted by Crippen LogP contribution is 2.18. The van der Waals surface area contributed by atoms with Crippen molar-refractivity contribution in [3.05, 3.63) is 59.2 Å². The van der Waals surface area contributed by atoms with Crippen LogP contribution in [0.2, 0.25) is 0 Å². The van der Waals surface area contributed by atoms with Crippen molar-refractivity contribution < 1.29 is 9.59 Å². The Bertz CT molecular complexity index is 856. The number of carbonyl (C=O) groups is 2. The van der Waals surface area contributed by atoms with E-state index in [1.165, 1.54) is 5.69 Å². The summed E-state index contributed by atoms with van der Waals surface area (Å²) >= 11 is 0. The summed E-state index contributed by atoms with van der Waals surface area (Å²) in [4.78, 5) is 28.9. The van der Waals surface area contributed by atoms with E-state index in [1.807, 2.05) is 26.0 Å². The first kappa shape index (κ1) is 20.9. The number of rotatable bonds is 5. The van der Waals surface area contributed by atoms with Gasteiger partial charge in [-0.15, -0.1) is 0 Å². The number of anilines is 2. The Kier molecular flexibility index (Phi) is 6.88. The van der Waals surface area contributed by atoms with Crippen LogP contribution < -0.4 is 15.5 Å². The van der Waals surface area contributed by atoms with Crippen LogP contribution in [0.25, 0.3) is 0 Å². The molecule has 1 fully saturated rings. The molecule has 2 aromatic rings. The van der Waals surface area contributed by atoms with Gasteiger partial charge in [0, 0.05) is 44.1 Å². The minimum absolute atomic E-state index is 0.424. The molecule has 1 aliphatic rings. The Morgan fingerprint density at radius 1 is 0.931 bits per heavy atom. The second kappa shape index (κ2) is 9.56. The number of aryl methyl sites for hydroxylation is 1. The molecule has 0 spiro atoms. The van der Waals surface area contributed by atoms with Crippen LogP contribution in [0.3, 0.4) is 0 Å². The summed E-state index contributed by atoms with van der Waals surface area (Å²) in [6.45, 7) is 8.57. The predicted molar refractivity (Wildman–Crippen MR) is 117 cm³/mol. The van der Waals surface area contributed by atoms with E-state index in [-0.39, 0.29) is 0 Å². The molecule has 2 aromatic carbocycles. The van der Waals surface area contributed by atoms with E-state index >= 15 is 0 Å². The lowest BCUT2D eigenvalue weighted by Crippen LogP contribution is -2.44. The monoisotopic (exact) mass is 394 g/mol. The lowest BCUT2D eigenvalue weighted by molar-refractivity contribution is -0.136. The van der Waals surface area contributed by atoms with Crippen LogP contribution >= 0.6 is 0 Å². The molecule has 0 saturated carbocycles. The van der Waals surface area contributed by atoms with Gasteiger partial charge in [-0.25, -0.2) is 0 Å². The van der Waals surface area contributed by atoms with E-state index in [9.17, 15) is 9.59 Å². The second-order valence-corrected chi connectivity index (χ2v) is 7.66. The van der Waals surface area contributed by atoms with Gasteiger partial charge < -0.3 is 20.4 Å². The number of amides is 2. The number of hydrogen-bond donors (Lipinski definition) is 2. The summed E-state index contributed by atoms with van der Waals surface area (Å²) < 4.78 is 0. The van der Waals surface area contributed by atoms with Crippen LogP contribution in [0.5, 0.6) is 0 Å². The molecule has 0 bridgehead atoms. The van der Waals surface area contributed by atoms with E-state index in [0.29, 0.717) is 18.7 Å². The maximum atomic E-state index is 12.1. The van der Waals surface area contributed by atoms with Gasteiger partial charge in [0.05, 0.1) is 0 Å². The predicted octanol–water partition coefficient (Wildman–Crippen LogP) is 2.35. The lowest BCUT2D eigenvalue weighted by Gasteiger charge is -2.34. The van der Waals surface area contributed by atoms with Crippen LogP contribution in [-0.2, 0) is 16.0 Å².